The predicted octanol–water partition coefficient (Wildman–Crippen LogP) is 1.25. The Labute approximate surface area is 119 Å². The quantitative estimate of drug-likeness (QED) is 0.701. The van der Waals surface area contributed by atoms with E-state index in [1.165, 1.54) is 12.1 Å². The number of carboxylic acids is 1. The average molecular weight is 284 g/mol. The molecule has 1 aliphatic carbocycles. The van der Waals surface area contributed by atoms with Crippen LogP contribution in [0, 0.1) is 0 Å². The lowest BCUT2D eigenvalue weighted by Gasteiger charge is -2.09. The molecule has 0 saturated carbocycles. The van der Waals surface area contributed by atoms with Crippen LogP contribution in [0.1, 0.15) is 5.56 Å². The molecule has 1 unspecified atom stereocenters. The topological polar surface area (TPSA) is 106 Å². The zero-order chi connectivity index (χ0) is 15.0. The van der Waals surface area contributed by atoms with Crippen molar-refractivity contribution < 1.29 is 14.3 Å². The van der Waals surface area contributed by atoms with E-state index >= 15 is 0 Å². The van der Waals surface area contributed by atoms with Crippen molar-refractivity contribution in [3.05, 3.63) is 52.2 Å². The number of nitrogens with two attached hydrogens (primary N) is 1. The van der Waals surface area contributed by atoms with Gasteiger partial charge in [0.25, 0.3) is 0 Å². The maximum atomic E-state index is 11.3. The Morgan fingerprint density at radius 2 is 2.10 bits per heavy atom. The number of nitrogens with zero attached hydrogens (tertiary/aromatic N) is 1. The molecule has 0 bridgehead atoms. The van der Waals surface area contributed by atoms with Gasteiger partial charge in [0.1, 0.15) is 17.3 Å². The Morgan fingerprint density at radius 3 is 2.86 bits per heavy atom. The number of aromatic nitrogens is 1. The molecule has 0 aromatic heterocycles. The van der Waals surface area contributed by atoms with Crippen LogP contribution in [0.4, 0.5) is 0 Å². The van der Waals surface area contributed by atoms with Crippen LogP contribution in [-0.2, 0) is 11.2 Å². The van der Waals surface area contributed by atoms with Gasteiger partial charge in [-0.15, -0.1) is 0 Å². The summed E-state index contributed by atoms with van der Waals surface area (Å²) in [4.78, 5) is 26.5. The van der Waals surface area contributed by atoms with E-state index in [0.717, 1.165) is 5.56 Å². The van der Waals surface area contributed by atoms with Crippen molar-refractivity contribution in [1.29, 1.82) is 0 Å². The van der Waals surface area contributed by atoms with Gasteiger partial charge in [-0.2, -0.15) is 0 Å². The van der Waals surface area contributed by atoms with Gasteiger partial charge in [-0.05, 0) is 36.2 Å². The van der Waals surface area contributed by atoms with E-state index in [0.29, 0.717) is 22.6 Å². The molecule has 6 nitrogen and oxygen atoms in total. The SMILES string of the molecule is NC(Cc1ccc2nc3ccc(=O)cc-3oc2c1)C(=O)O. The minimum atomic E-state index is -1.06. The predicted molar refractivity (Wildman–Crippen MR) is 76.2 cm³/mol. The monoisotopic (exact) mass is 284 g/mol. The van der Waals surface area contributed by atoms with Crippen LogP contribution in [0.2, 0.25) is 0 Å². The zero-order valence-electron chi connectivity index (χ0n) is 10.9. The highest BCUT2D eigenvalue weighted by molar-refractivity contribution is 5.78. The average Bonchev–Trinajstić information content (AvgIpc) is 2.45. The Kier molecular flexibility index (Phi) is 3.15. The number of fused-ring (bicyclic) bond motifs is 2. The molecule has 6 heteroatoms. The Morgan fingerprint density at radius 1 is 1.29 bits per heavy atom. The summed E-state index contributed by atoms with van der Waals surface area (Å²) < 4.78 is 5.66. The van der Waals surface area contributed by atoms with Gasteiger partial charge in [-0.3, -0.25) is 9.59 Å². The standard InChI is InChI=1S/C15H12N2O4/c16-10(15(19)20)5-8-1-3-11-13(6-8)21-14-7-9(18)2-4-12(14)17-11/h1-4,6-7,10H,5,16H2,(H,19,20). The van der Waals surface area contributed by atoms with E-state index in [-0.39, 0.29) is 11.8 Å². The molecule has 1 aliphatic heterocycles. The molecule has 1 aromatic carbocycles. The van der Waals surface area contributed by atoms with Gasteiger partial charge in [0.2, 0.25) is 0 Å². The van der Waals surface area contributed by atoms with Gasteiger partial charge in [0.05, 0.1) is 0 Å². The largest absolute Gasteiger partial charge is 0.480 e. The highest BCUT2D eigenvalue weighted by atomic mass is 16.4. The summed E-state index contributed by atoms with van der Waals surface area (Å²) in [7, 11) is 0. The molecular weight excluding hydrogens is 272 g/mol. The second-order valence-corrected chi connectivity index (χ2v) is 4.79. The zero-order valence-corrected chi connectivity index (χ0v) is 10.9. The Bertz CT molecular complexity index is 856. The minimum Gasteiger partial charge on any atom is -0.480 e. The van der Waals surface area contributed by atoms with Crippen molar-refractivity contribution in [3.63, 3.8) is 0 Å². The highest BCUT2D eigenvalue weighted by Crippen LogP contribution is 2.24. The maximum absolute atomic E-state index is 11.3. The van der Waals surface area contributed by atoms with Crippen LogP contribution in [0.5, 0.6) is 0 Å². The first-order valence-corrected chi connectivity index (χ1v) is 6.35. The number of rotatable bonds is 3. The summed E-state index contributed by atoms with van der Waals surface area (Å²) in [6.45, 7) is 0. The number of carboxylic acid groups (broad SMARTS) is 1. The molecule has 106 valence electrons. The number of carbonyl (C=O) groups is 1. The van der Waals surface area contributed by atoms with Crippen LogP contribution < -0.4 is 11.2 Å². The van der Waals surface area contributed by atoms with E-state index in [4.69, 9.17) is 15.3 Å². The number of hydrogen-bond acceptors (Lipinski definition) is 5. The summed E-state index contributed by atoms with van der Waals surface area (Å²) in [5.74, 6) is -0.658. The normalized spacial score (nSPS) is 12.6. The molecule has 2 aliphatic rings. The summed E-state index contributed by atoms with van der Waals surface area (Å²) in [6, 6.07) is 8.64. The molecule has 0 amide bonds. The van der Waals surface area contributed by atoms with Crippen LogP contribution in [0.25, 0.3) is 22.6 Å². The van der Waals surface area contributed by atoms with Gasteiger partial charge in [0.15, 0.2) is 16.8 Å². The fourth-order valence-electron chi connectivity index (χ4n) is 2.12. The Balaban J connectivity index is 2.08. The summed E-state index contributed by atoms with van der Waals surface area (Å²) in [6.07, 6.45) is 0.195. The third kappa shape index (κ3) is 2.61. The van der Waals surface area contributed by atoms with Crippen LogP contribution in [0.3, 0.4) is 0 Å². The van der Waals surface area contributed by atoms with Gasteiger partial charge in [-0.25, -0.2) is 4.98 Å². The molecule has 1 heterocycles. The van der Waals surface area contributed by atoms with Crippen LogP contribution in [-0.4, -0.2) is 22.1 Å². The van der Waals surface area contributed by atoms with Crippen molar-refractivity contribution >= 4 is 17.1 Å². The first-order valence-electron chi connectivity index (χ1n) is 6.35. The third-order valence-corrected chi connectivity index (χ3v) is 3.19. The van der Waals surface area contributed by atoms with Crippen molar-refractivity contribution in [2.75, 3.05) is 0 Å². The number of aliphatic carboxylic acids is 1. The fourth-order valence-corrected chi connectivity index (χ4v) is 2.12. The van der Waals surface area contributed by atoms with Gasteiger partial charge < -0.3 is 15.3 Å². The molecule has 1 atom stereocenters. The second-order valence-electron chi connectivity index (χ2n) is 4.79. The molecule has 0 radical (unpaired) electrons. The van der Waals surface area contributed by atoms with Crippen molar-refractivity contribution in [1.82, 2.24) is 4.98 Å². The Hall–Kier alpha value is -2.73. The first kappa shape index (κ1) is 13.3. The second kappa shape index (κ2) is 4.99. The van der Waals surface area contributed by atoms with E-state index in [1.54, 1.807) is 24.3 Å². The van der Waals surface area contributed by atoms with Crippen LogP contribution in [0.15, 0.2) is 45.6 Å². The van der Waals surface area contributed by atoms with Crippen LogP contribution >= 0.6 is 0 Å². The highest BCUT2D eigenvalue weighted by Gasteiger charge is 2.14. The lowest BCUT2D eigenvalue weighted by atomic mass is 10.1. The van der Waals surface area contributed by atoms with E-state index in [2.05, 4.69) is 4.98 Å². The lowest BCUT2D eigenvalue weighted by molar-refractivity contribution is -0.138. The molecule has 0 spiro atoms. The lowest BCUT2D eigenvalue weighted by Crippen LogP contribution is -2.32. The molecule has 3 N–H and O–H groups in total. The van der Waals surface area contributed by atoms with E-state index in [1.807, 2.05) is 0 Å². The van der Waals surface area contributed by atoms with Crippen molar-refractivity contribution in [2.24, 2.45) is 5.73 Å². The molecule has 3 rings (SSSR count). The first-order chi connectivity index (χ1) is 10.0. The molecule has 0 saturated heterocycles. The van der Waals surface area contributed by atoms with E-state index < -0.39 is 12.0 Å². The van der Waals surface area contributed by atoms with Gasteiger partial charge in [-0.1, -0.05) is 6.07 Å². The molecule has 1 aromatic rings. The molecule has 0 fully saturated rings. The number of benzene rings is 2. The summed E-state index contributed by atoms with van der Waals surface area (Å²) in [5, 5.41) is 8.83. The van der Waals surface area contributed by atoms with Crippen molar-refractivity contribution in [2.45, 2.75) is 12.5 Å². The maximum Gasteiger partial charge on any atom is 0.320 e. The summed E-state index contributed by atoms with van der Waals surface area (Å²) in [5.41, 5.74) is 7.81. The third-order valence-electron chi connectivity index (χ3n) is 3.19. The van der Waals surface area contributed by atoms with E-state index in [9.17, 15) is 9.59 Å². The summed E-state index contributed by atoms with van der Waals surface area (Å²) >= 11 is 0. The molecular formula is C15H12N2O4. The minimum absolute atomic E-state index is 0.156. The number of hydrogen-bond donors (Lipinski definition) is 2. The van der Waals surface area contributed by atoms with Gasteiger partial charge >= 0.3 is 5.97 Å². The van der Waals surface area contributed by atoms with Gasteiger partial charge in [0, 0.05) is 6.07 Å². The smallest absolute Gasteiger partial charge is 0.320 e. The van der Waals surface area contributed by atoms with Crippen molar-refractivity contribution in [3.8, 4) is 11.5 Å². The fraction of sp³-hybridized carbons (Fsp3) is 0.133. The molecule has 21 heavy (non-hydrogen) atoms.